The number of halogens is 4. The first kappa shape index (κ1) is 15.4. The summed E-state index contributed by atoms with van der Waals surface area (Å²) in [5.41, 5.74) is 3.05. The molecule has 104 valence electrons. The van der Waals surface area contributed by atoms with Gasteiger partial charge in [-0.15, -0.1) is 0 Å². The fourth-order valence-corrected chi connectivity index (χ4v) is 1.62. The lowest BCUT2D eigenvalue weighted by Gasteiger charge is -2.18. The fraction of sp³-hybridized carbons (Fsp3) is 0.273. The van der Waals surface area contributed by atoms with Crippen molar-refractivity contribution in [2.24, 2.45) is 5.73 Å². The lowest BCUT2D eigenvalue weighted by atomic mass is 10.1. The number of likely N-dealkylation sites (N-methyl/N-ethyl adjacent to an activating group) is 1. The number of carbonyl (C=O) groups excluding carboxylic acids is 1. The molecule has 0 aliphatic heterocycles. The molecule has 8 heteroatoms. The molecule has 0 bridgehead atoms. The van der Waals surface area contributed by atoms with E-state index >= 15 is 0 Å². The van der Waals surface area contributed by atoms with Gasteiger partial charge in [0.15, 0.2) is 0 Å². The molecule has 0 atom stereocenters. The molecule has 0 aromatic heterocycles. The number of alkyl halides is 3. The molecule has 19 heavy (non-hydrogen) atoms. The van der Waals surface area contributed by atoms with E-state index in [9.17, 15) is 22.4 Å². The largest absolute Gasteiger partial charge is 0.419 e. The normalized spacial score (nSPS) is 11.2. The van der Waals surface area contributed by atoms with E-state index < -0.39 is 29.0 Å². The Bertz CT molecular complexity index is 516. The molecule has 0 fully saturated rings. The molecular weight excluding hydrogens is 284 g/mol. The minimum absolute atomic E-state index is 0.0248. The smallest absolute Gasteiger partial charge is 0.392 e. The minimum Gasteiger partial charge on any atom is -0.392 e. The predicted octanol–water partition coefficient (Wildman–Crippen LogP) is 2.20. The molecule has 0 aliphatic rings. The second-order valence-corrected chi connectivity index (χ2v) is 4.32. The van der Waals surface area contributed by atoms with Gasteiger partial charge in [-0.2, -0.15) is 13.2 Å². The molecule has 1 rings (SSSR count). The molecule has 0 unspecified atom stereocenters. The second-order valence-electron chi connectivity index (χ2n) is 3.79. The lowest BCUT2D eigenvalue weighted by Crippen LogP contribution is -2.35. The molecule has 0 aliphatic carbocycles. The van der Waals surface area contributed by atoms with Crippen molar-refractivity contribution in [1.29, 1.82) is 0 Å². The number of carbonyl (C=O) groups is 1. The van der Waals surface area contributed by atoms with E-state index in [1.165, 1.54) is 7.05 Å². The standard InChI is InChI=1S/C11H10F4N2OS/c1-17(5-8(16)19)10(18)6-3-2-4-7(9(6)12)11(13,14)15/h2-4H,5H2,1H3,(H2,16,19). The summed E-state index contributed by atoms with van der Waals surface area (Å²) < 4.78 is 51.2. The zero-order valence-electron chi connectivity index (χ0n) is 9.79. The summed E-state index contributed by atoms with van der Waals surface area (Å²) in [5.74, 6) is -2.52. The summed E-state index contributed by atoms with van der Waals surface area (Å²) in [6, 6.07) is 2.51. The molecule has 1 aromatic carbocycles. The Morgan fingerprint density at radius 3 is 2.47 bits per heavy atom. The van der Waals surface area contributed by atoms with Gasteiger partial charge in [0.05, 0.1) is 22.7 Å². The van der Waals surface area contributed by atoms with Crippen molar-refractivity contribution < 1.29 is 22.4 Å². The summed E-state index contributed by atoms with van der Waals surface area (Å²) in [6.45, 7) is -0.149. The van der Waals surface area contributed by atoms with Gasteiger partial charge in [-0.1, -0.05) is 18.3 Å². The van der Waals surface area contributed by atoms with Gasteiger partial charge in [0.25, 0.3) is 5.91 Å². The Balaban J connectivity index is 3.15. The number of nitrogens with two attached hydrogens (primary N) is 1. The van der Waals surface area contributed by atoms with Crippen LogP contribution in [-0.4, -0.2) is 29.4 Å². The van der Waals surface area contributed by atoms with Crippen molar-refractivity contribution >= 4 is 23.1 Å². The molecule has 1 aromatic rings. The van der Waals surface area contributed by atoms with Gasteiger partial charge in [-0.25, -0.2) is 4.39 Å². The van der Waals surface area contributed by atoms with E-state index in [-0.39, 0.29) is 11.5 Å². The van der Waals surface area contributed by atoms with Gasteiger partial charge < -0.3 is 10.6 Å². The molecule has 2 N–H and O–H groups in total. The van der Waals surface area contributed by atoms with Gasteiger partial charge in [0.2, 0.25) is 0 Å². The van der Waals surface area contributed by atoms with Crippen LogP contribution in [0.2, 0.25) is 0 Å². The molecule has 3 nitrogen and oxygen atoms in total. The summed E-state index contributed by atoms with van der Waals surface area (Å²) in [6.07, 6.45) is -4.86. The number of nitrogens with zero attached hydrogens (tertiary/aromatic N) is 1. The summed E-state index contributed by atoms with van der Waals surface area (Å²) in [5, 5.41) is 0. The van der Waals surface area contributed by atoms with Crippen LogP contribution < -0.4 is 5.73 Å². The van der Waals surface area contributed by atoms with E-state index in [0.29, 0.717) is 6.07 Å². The fourth-order valence-electron chi connectivity index (χ4n) is 1.43. The van der Waals surface area contributed by atoms with E-state index in [0.717, 1.165) is 17.0 Å². The Kier molecular flexibility index (Phi) is 4.46. The van der Waals surface area contributed by atoms with Crippen LogP contribution in [0.25, 0.3) is 0 Å². The van der Waals surface area contributed by atoms with Gasteiger partial charge in [-0.3, -0.25) is 4.79 Å². The Morgan fingerprint density at radius 1 is 1.42 bits per heavy atom. The number of rotatable bonds is 3. The van der Waals surface area contributed by atoms with Crippen LogP contribution in [0.4, 0.5) is 17.6 Å². The van der Waals surface area contributed by atoms with E-state index in [2.05, 4.69) is 12.2 Å². The monoisotopic (exact) mass is 294 g/mol. The summed E-state index contributed by atoms with van der Waals surface area (Å²) >= 11 is 4.57. The molecule has 0 saturated carbocycles. The predicted molar refractivity (Wildman–Crippen MR) is 65.1 cm³/mol. The van der Waals surface area contributed by atoms with Crippen LogP contribution in [0.3, 0.4) is 0 Å². The highest BCUT2D eigenvalue weighted by atomic mass is 32.1. The maximum absolute atomic E-state index is 13.7. The quantitative estimate of drug-likeness (QED) is 0.687. The Hall–Kier alpha value is -1.70. The van der Waals surface area contributed by atoms with Gasteiger partial charge in [-0.05, 0) is 12.1 Å². The van der Waals surface area contributed by atoms with E-state index in [1.54, 1.807) is 0 Å². The number of thiocarbonyl (C=S) groups is 1. The zero-order chi connectivity index (χ0) is 14.8. The van der Waals surface area contributed by atoms with Crippen LogP contribution in [0, 0.1) is 5.82 Å². The van der Waals surface area contributed by atoms with Crippen molar-refractivity contribution in [1.82, 2.24) is 4.90 Å². The third-order valence-electron chi connectivity index (χ3n) is 2.27. The van der Waals surface area contributed by atoms with Crippen molar-refractivity contribution in [3.8, 4) is 0 Å². The van der Waals surface area contributed by atoms with Gasteiger partial charge in [0.1, 0.15) is 5.82 Å². The number of amides is 1. The second kappa shape index (κ2) is 5.52. The first-order valence-corrected chi connectivity index (χ1v) is 5.45. The van der Waals surface area contributed by atoms with Crippen molar-refractivity contribution in [3.05, 3.63) is 35.1 Å². The number of hydrogen-bond acceptors (Lipinski definition) is 2. The summed E-state index contributed by atoms with van der Waals surface area (Å²) in [4.78, 5) is 12.7. The molecule has 0 heterocycles. The van der Waals surface area contributed by atoms with Crippen molar-refractivity contribution in [2.45, 2.75) is 6.18 Å². The lowest BCUT2D eigenvalue weighted by molar-refractivity contribution is -0.140. The highest BCUT2D eigenvalue weighted by molar-refractivity contribution is 7.80. The first-order valence-electron chi connectivity index (χ1n) is 5.04. The SMILES string of the molecule is CN(CC(N)=S)C(=O)c1cccc(C(F)(F)F)c1F. The third-order valence-corrected chi connectivity index (χ3v) is 2.40. The zero-order valence-corrected chi connectivity index (χ0v) is 10.6. The van der Waals surface area contributed by atoms with Gasteiger partial charge >= 0.3 is 6.18 Å². The number of benzene rings is 1. The summed E-state index contributed by atoms with van der Waals surface area (Å²) in [7, 11) is 1.27. The molecule has 0 spiro atoms. The number of hydrogen-bond donors (Lipinski definition) is 1. The van der Waals surface area contributed by atoms with Gasteiger partial charge in [0, 0.05) is 7.05 Å². The van der Waals surface area contributed by atoms with Crippen molar-refractivity contribution in [2.75, 3.05) is 13.6 Å². The van der Waals surface area contributed by atoms with Crippen LogP contribution in [-0.2, 0) is 6.18 Å². The molecule has 0 radical (unpaired) electrons. The van der Waals surface area contributed by atoms with Crippen LogP contribution >= 0.6 is 12.2 Å². The minimum atomic E-state index is -4.86. The maximum atomic E-state index is 13.7. The molecular formula is C11H10F4N2OS. The van der Waals surface area contributed by atoms with Crippen LogP contribution in [0.15, 0.2) is 18.2 Å². The topological polar surface area (TPSA) is 46.3 Å². The highest BCUT2D eigenvalue weighted by Crippen LogP contribution is 2.32. The molecule has 0 saturated heterocycles. The average molecular weight is 294 g/mol. The van der Waals surface area contributed by atoms with Crippen LogP contribution in [0.5, 0.6) is 0 Å². The van der Waals surface area contributed by atoms with E-state index in [4.69, 9.17) is 5.73 Å². The maximum Gasteiger partial charge on any atom is 0.419 e. The first-order chi connectivity index (χ1) is 8.64. The Labute approximate surface area is 112 Å². The third kappa shape index (κ3) is 3.63. The van der Waals surface area contributed by atoms with E-state index in [1.807, 2.05) is 0 Å². The Morgan fingerprint density at radius 2 is 2.00 bits per heavy atom. The van der Waals surface area contributed by atoms with Crippen LogP contribution in [0.1, 0.15) is 15.9 Å². The highest BCUT2D eigenvalue weighted by Gasteiger charge is 2.36. The van der Waals surface area contributed by atoms with Crippen molar-refractivity contribution in [3.63, 3.8) is 0 Å². The average Bonchev–Trinajstić information content (AvgIpc) is 2.25. The molecule has 1 amide bonds.